The molecule has 2 aromatic carbocycles. The molecule has 1 amide bonds. The molecule has 2 aliphatic heterocycles. The van der Waals surface area contributed by atoms with Crippen LogP contribution in [0, 0.1) is 0 Å². The lowest BCUT2D eigenvalue weighted by atomic mass is 9.95. The third-order valence-electron chi connectivity index (χ3n) is 6.23. The van der Waals surface area contributed by atoms with Crippen LogP contribution in [0.25, 0.3) is 11.3 Å². The maximum absolute atomic E-state index is 13.4. The quantitative estimate of drug-likeness (QED) is 0.685. The Morgan fingerprint density at radius 1 is 1.00 bits per heavy atom. The van der Waals surface area contributed by atoms with Gasteiger partial charge in [-0.15, -0.1) is 0 Å². The van der Waals surface area contributed by atoms with E-state index in [9.17, 15) is 4.79 Å². The molecule has 1 saturated carbocycles. The van der Waals surface area contributed by atoms with Crippen molar-refractivity contribution in [1.82, 2.24) is 10.1 Å². The van der Waals surface area contributed by atoms with E-state index in [4.69, 9.17) is 14.0 Å². The first-order valence-electron chi connectivity index (χ1n) is 9.96. The molecule has 1 fully saturated rings. The van der Waals surface area contributed by atoms with Gasteiger partial charge < -0.3 is 18.9 Å². The molecule has 0 bridgehead atoms. The largest absolute Gasteiger partial charge is 0.454 e. The Morgan fingerprint density at radius 3 is 2.69 bits per heavy atom. The summed E-state index contributed by atoms with van der Waals surface area (Å²) in [7, 11) is 0. The highest BCUT2D eigenvalue weighted by atomic mass is 16.7. The van der Waals surface area contributed by atoms with E-state index < -0.39 is 5.41 Å². The highest BCUT2D eigenvalue weighted by molar-refractivity contribution is 5.91. The summed E-state index contributed by atoms with van der Waals surface area (Å²) in [6, 6.07) is 15.9. The van der Waals surface area contributed by atoms with Gasteiger partial charge in [0, 0.05) is 24.7 Å². The lowest BCUT2D eigenvalue weighted by Crippen LogP contribution is -2.42. The molecule has 3 heterocycles. The summed E-state index contributed by atoms with van der Waals surface area (Å²) >= 11 is 0. The number of rotatable bonds is 3. The molecule has 3 aromatic rings. The summed E-state index contributed by atoms with van der Waals surface area (Å²) in [5.74, 6) is 2.23. The molecule has 3 aliphatic rings. The first kappa shape index (κ1) is 16.7. The van der Waals surface area contributed by atoms with Gasteiger partial charge in [-0.05, 0) is 48.6 Å². The van der Waals surface area contributed by atoms with Crippen LogP contribution in [0.2, 0.25) is 0 Å². The number of nitrogens with zero attached hydrogens (tertiary/aromatic N) is 2. The van der Waals surface area contributed by atoms with Gasteiger partial charge in [-0.1, -0.05) is 29.4 Å². The zero-order valence-electron chi connectivity index (χ0n) is 15.9. The Balaban J connectivity index is 1.26. The minimum atomic E-state index is -0.537. The van der Waals surface area contributed by atoms with Gasteiger partial charge in [0.25, 0.3) is 0 Å². The Kier molecular flexibility index (Phi) is 3.51. The maximum atomic E-state index is 13.4. The molecule has 0 saturated heterocycles. The first-order valence-corrected chi connectivity index (χ1v) is 9.96. The van der Waals surface area contributed by atoms with Crippen LogP contribution < -0.4 is 9.47 Å². The number of hydrogen-bond donors (Lipinski definition) is 0. The van der Waals surface area contributed by atoms with Crippen LogP contribution >= 0.6 is 0 Å². The normalized spacial score (nSPS) is 18.4. The molecule has 0 spiro atoms. The second-order valence-electron chi connectivity index (χ2n) is 7.97. The van der Waals surface area contributed by atoms with E-state index in [0.717, 1.165) is 42.8 Å². The maximum Gasteiger partial charge on any atom is 0.235 e. The highest BCUT2D eigenvalue weighted by Gasteiger charge is 2.55. The van der Waals surface area contributed by atoms with E-state index in [2.05, 4.69) is 23.4 Å². The molecular formula is C23H20N2O4. The lowest BCUT2D eigenvalue weighted by Gasteiger charge is -2.31. The third-order valence-corrected chi connectivity index (χ3v) is 6.23. The Labute approximate surface area is 168 Å². The number of hydrogen-bond acceptors (Lipinski definition) is 5. The molecule has 1 aliphatic carbocycles. The van der Waals surface area contributed by atoms with Crippen molar-refractivity contribution in [2.75, 3.05) is 13.3 Å². The monoisotopic (exact) mass is 388 g/mol. The van der Waals surface area contributed by atoms with Gasteiger partial charge >= 0.3 is 0 Å². The van der Waals surface area contributed by atoms with Crippen LogP contribution in [0.1, 0.15) is 29.7 Å². The van der Waals surface area contributed by atoms with E-state index in [-0.39, 0.29) is 12.7 Å². The molecule has 0 unspecified atom stereocenters. The number of fused-ring (bicyclic) bond motifs is 2. The summed E-state index contributed by atoms with van der Waals surface area (Å²) in [6.07, 6.45) is 2.54. The van der Waals surface area contributed by atoms with Crippen molar-refractivity contribution in [2.24, 2.45) is 0 Å². The van der Waals surface area contributed by atoms with Gasteiger partial charge in [-0.3, -0.25) is 4.79 Å². The molecule has 6 rings (SSSR count). The van der Waals surface area contributed by atoms with Crippen molar-refractivity contribution < 1.29 is 18.8 Å². The third kappa shape index (κ3) is 2.63. The van der Waals surface area contributed by atoms with Crippen molar-refractivity contribution in [2.45, 2.75) is 31.2 Å². The fourth-order valence-electron chi connectivity index (χ4n) is 4.36. The van der Waals surface area contributed by atoms with Gasteiger partial charge in [-0.2, -0.15) is 0 Å². The molecule has 0 N–H and O–H groups in total. The van der Waals surface area contributed by atoms with Gasteiger partial charge in [0.2, 0.25) is 12.7 Å². The molecule has 1 aromatic heterocycles. The molecule has 6 nitrogen and oxygen atoms in total. The average molecular weight is 388 g/mol. The number of ether oxygens (including phenoxy) is 2. The van der Waals surface area contributed by atoms with Crippen molar-refractivity contribution in [3.8, 4) is 22.8 Å². The molecular weight excluding hydrogens is 368 g/mol. The zero-order chi connectivity index (χ0) is 19.4. The van der Waals surface area contributed by atoms with Crippen LogP contribution in [0.5, 0.6) is 11.5 Å². The first-order chi connectivity index (χ1) is 14.2. The summed E-state index contributed by atoms with van der Waals surface area (Å²) in [5.41, 5.74) is 3.64. The van der Waals surface area contributed by atoms with Crippen molar-refractivity contribution >= 4 is 5.91 Å². The van der Waals surface area contributed by atoms with Crippen LogP contribution in [-0.2, 0) is 23.2 Å². The number of aromatic nitrogens is 1. The molecule has 0 radical (unpaired) electrons. The van der Waals surface area contributed by atoms with E-state index in [1.165, 1.54) is 11.1 Å². The predicted octanol–water partition coefficient (Wildman–Crippen LogP) is 3.69. The predicted molar refractivity (Wildman–Crippen MR) is 105 cm³/mol. The van der Waals surface area contributed by atoms with Crippen molar-refractivity contribution in [3.05, 3.63) is 65.4 Å². The number of carbonyl (C=O) groups is 1. The number of carbonyl (C=O) groups excluding carboxylic acids is 1. The second kappa shape index (κ2) is 6.11. The van der Waals surface area contributed by atoms with Crippen LogP contribution in [-0.4, -0.2) is 29.3 Å². The zero-order valence-corrected chi connectivity index (χ0v) is 15.9. The summed E-state index contributed by atoms with van der Waals surface area (Å²) in [4.78, 5) is 15.4. The van der Waals surface area contributed by atoms with Gasteiger partial charge in [-0.25, -0.2) is 0 Å². The average Bonchev–Trinajstić information content (AvgIpc) is 3.20. The van der Waals surface area contributed by atoms with Crippen LogP contribution in [0.4, 0.5) is 0 Å². The lowest BCUT2D eigenvalue weighted by molar-refractivity contribution is -0.135. The minimum Gasteiger partial charge on any atom is -0.454 e. The number of amides is 1. The minimum absolute atomic E-state index is 0.164. The van der Waals surface area contributed by atoms with Crippen LogP contribution in [0.15, 0.2) is 53.1 Å². The summed E-state index contributed by atoms with van der Waals surface area (Å²) < 4.78 is 16.4. The molecule has 29 heavy (non-hydrogen) atoms. The van der Waals surface area contributed by atoms with Crippen LogP contribution in [0.3, 0.4) is 0 Å². The standard InChI is InChI=1S/C23H20N2O4/c26-22(25-10-7-15-3-1-2-4-17(15)13-25)23(8-9-23)21-12-19(29-24-21)16-5-6-18-20(11-16)28-14-27-18/h1-6,11-12H,7-10,13-14H2. The van der Waals surface area contributed by atoms with E-state index in [1.54, 1.807) is 0 Å². The molecule has 146 valence electrons. The number of benzene rings is 2. The van der Waals surface area contributed by atoms with Gasteiger partial charge in [0.05, 0.1) is 11.1 Å². The smallest absolute Gasteiger partial charge is 0.235 e. The molecule has 0 atom stereocenters. The van der Waals surface area contributed by atoms with E-state index in [1.807, 2.05) is 35.2 Å². The second-order valence-corrected chi connectivity index (χ2v) is 7.97. The SMILES string of the molecule is O=C(N1CCc2ccccc2C1)C1(c2cc(-c3ccc4c(c3)OCO4)on2)CC1. The highest BCUT2D eigenvalue weighted by Crippen LogP contribution is 2.50. The Morgan fingerprint density at radius 2 is 1.83 bits per heavy atom. The Bertz CT molecular complexity index is 1120. The van der Waals surface area contributed by atoms with E-state index in [0.29, 0.717) is 18.1 Å². The van der Waals surface area contributed by atoms with Gasteiger partial charge in [0.1, 0.15) is 0 Å². The Hall–Kier alpha value is -3.28. The van der Waals surface area contributed by atoms with Crippen molar-refractivity contribution in [3.63, 3.8) is 0 Å². The fraction of sp³-hybridized carbons (Fsp3) is 0.304. The summed E-state index contributed by atoms with van der Waals surface area (Å²) in [5, 5.41) is 4.29. The molecule has 6 heteroatoms. The van der Waals surface area contributed by atoms with Gasteiger partial charge in [0.15, 0.2) is 17.3 Å². The fourth-order valence-corrected chi connectivity index (χ4v) is 4.36. The van der Waals surface area contributed by atoms with E-state index >= 15 is 0 Å². The summed E-state index contributed by atoms with van der Waals surface area (Å²) in [6.45, 7) is 1.66. The topological polar surface area (TPSA) is 64.8 Å². The van der Waals surface area contributed by atoms with Crippen molar-refractivity contribution in [1.29, 1.82) is 0 Å².